The smallest absolute Gasteiger partial charge is 0.223 e. The van der Waals surface area contributed by atoms with E-state index in [1.807, 2.05) is 11.7 Å². The zero-order valence-corrected chi connectivity index (χ0v) is 14.2. The lowest BCUT2D eigenvalue weighted by atomic mass is 10.1. The molecule has 3 rings (SSSR count). The average Bonchev–Trinajstić information content (AvgIpc) is 3.22. The van der Waals surface area contributed by atoms with Crippen LogP contribution in [0.2, 0.25) is 0 Å². The number of fused-ring (bicyclic) bond motifs is 1. The van der Waals surface area contributed by atoms with Gasteiger partial charge in [-0.25, -0.2) is 0 Å². The van der Waals surface area contributed by atoms with Gasteiger partial charge in [-0.1, -0.05) is 12.8 Å². The van der Waals surface area contributed by atoms with Gasteiger partial charge in [-0.3, -0.25) is 9.48 Å². The predicted molar refractivity (Wildman–Crippen MR) is 88.0 cm³/mol. The van der Waals surface area contributed by atoms with E-state index in [4.69, 9.17) is 16.7 Å². The zero-order chi connectivity index (χ0) is 15.5. The molecule has 1 aromatic rings. The molecule has 0 aliphatic heterocycles. The molecule has 1 heterocycles. The third kappa shape index (κ3) is 3.17. The van der Waals surface area contributed by atoms with Gasteiger partial charge in [-0.2, -0.15) is 5.10 Å². The molecule has 0 spiro atoms. The van der Waals surface area contributed by atoms with Crippen LogP contribution in [0.25, 0.3) is 0 Å². The van der Waals surface area contributed by atoms with Crippen LogP contribution in [0.3, 0.4) is 0 Å². The minimum atomic E-state index is 0.255. The molecule has 22 heavy (non-hydrogen) atoms. The van der Waals surface area contributed by atoms with Gasteiger partial charge in [0.2, 0.25) is 5.91 Å². The Morgan fingerprint density at radius 2 is 2.09 bits per heavy atom. The Morgan fingerprint density at radius 1 is 1.32 bits per heavy atom. The van der Waals surface area contributed by atoms with E-state index in [1.54, 1.807) is 0 Å². The van der Waals surface area contributed by atoms with E-state index < -0.39 is 0 Å². The molecule has 0 atom stereocenters. The average molecular weight is 324 g/mol. The van der Waals surface area contributed by atoms with Crippen molar-refractivity contribution in [2.24, 2.45) is 7.05 Å². The van der Waals surface area contributed by atoms with Crippen molar-refractivity contribution in [2.45, 2.75) is 70.4 Å². The fourth-order valence-electron chi connectivity index (χ4n) is 3.98. The second-order valence-corrected chi connectivity index (χ2v) is 6.98. The molecule has 0 bridgehead atoms. The van der Waals surface area contributed by atoms with Crippen LogP contribution in [-0.4, -0.2) is 32.5 Å². The first kappa shape index (κ1) is 15.9. The second kappa shape index (κ2) is 7.03. The number of alkyl halides is 1. The van der Waals surface area contributed by atoms with E-state index in [1.165, 1.54) is 30.5 Å². The standard InChI is InChI=1S/C17H26ClN3O/c1-20-16-9-4-8-14(16)15(19-20)12-21(13-6-2-3-7-13)17(22)10-5-11-18/h13H,2-12H2,1H3. The fourth-order valence-corrected chi connectivity index (χ4v) is 4.12. The highest BCUT2D eigenvalue weighted by Gasteiger charge is 2.29. The summed E-state index contributed by atoms with van der Waals surface area (Å²) in [5.41, 5.74) is 3.89. The van der Waals surface area contributed by atoms with Gasteiger partial charge in [0.05, 0.1) is 12.2 Å². The maximum absolute atomic E-state index is 12.6. The number of carbonyl (C=O) groups is 1. The Morgan fingerprint density at radius 3 is 2.82 bits per heavy atom. The monoisotopic (exact) mass is 323 g/mol. The van der Waals surface area contributed by atoms with Gasteiger partial charge in [-0.15, -0.1) is 11.6 Å². The Bertz CT molecular complexity index is 534. The minimum absolute atomic E-state index is 0.255. The molecule has 1 saturated carbocycles. The van der Waals surface area contributed by atoms with Crippen molar-refractivity contribution in [3.8, 4) is 0 Å². The molecule has 1 fully saturated rings. The minimum Gasteiger partial charge on any atom is -0.334 e. The molecule has 5 heteroatoms. The lowest BCUT2D eigenvalue weighted by Gasteiger charge is -2.29. The van der Waals surface area contributed by atoms with Crippen LogP contribution >= 0.6 is 11.6 Å². The summed E-state index contributed by atoms with van der Waals surface area (Å²) in [6.07, 6.45) is 9.56. The van der Waals surface area contributed by atoms with E-state index >= 15 is 0 Å². The van der Waals surface area contributed by atoms with Crippen molar-refractivity contribution in [3.63, 3.8) is 0 Å². The van der Waals surface area contributed by atoms with Gasteiger partial charge in [0, 0.05) is 31.1 Å². The maximum Gasteiger partial charge on any atom is 0.223 e. The molecule has 122 valence electrons. The molecule has 2 aliphatic rings. The van der Waals surface area contributed by atoms with E-state index in [9.17, 15) is 4.79 Å². The molecule has 0 radical (unpaired) electrons. The molecule has 0 unspecified atom stereocenters. The van der Waals surface area contributed by atoms with Gasteiger partial charge in [-0.05, 0) is 44.1 Å². The Hall–Kier alpha value is -1.03. The molecule has 4 nitrogen and oxygen atoms in total. The molecule has 0 N–H and O–H groups in total. The van der Waals surface area contributed by atoms with Crippen molar-refractivity contribution in [2.75, 3.05) is 5.88 Å². The van der Waals surface area contributed by atoms with E-state index in [0.29, 0.717) is 24.9 Å². The van der Waals surface area contributed by atoms with Crippen LogP contribution in [0, 0.1) is 0 Å². The van der Waals surface area contributed by atoms with Crippen molar-refractivity contribution in [3.05, 3.63) is 17.0 Å². The Kier molecular flexibility index (Phi) is 5.07. The molecule has 1 amide bonds. The topological polar surface area (TPSA) is 38.1 Å². The number of rotatable bonds is 6. The highest BCUT2D eigenvalue weighted by molar-refractivity contribution is 6.17. The van der Waals surface area contributed by atoms with Crippen LogP contribution in [0.5, 0.6) is 0 Å². The van der Waals surface area contributed by atoms with Crippen LogP contribution in [0.15, 0.2) is 0 Å². The van der Waals surface area contributed by atoms with Crippen LogP contribution in [0.4, 0.5) is 0 Å². The highest BCUT2D eigenvalue weighted by atomic mass is 35.5. The number of aromatic nitrogens is 2. The van der Waals surface area contributed by atoms with Crippen molar-refractivity contribution < 1.29 is 4.79 Å². The molecular formula is C17H26ClN3O. The zero-order valence-electron chi connectivity index (χ0n) is 13.5. The predicted octanol–water partition coefficient (Wildman–Crippen LogP) is 3.20. The number of nitrogens with zero attached hydrogens (tertiary/aromatic N) is 3. The Labute approximate surface area is 137 Å². The fraction of sp³-hybridized carbons (Fsp3) is 0.765. The lowest BCUT2D eigenvalue weighted by Crippen LogP contribution is -2.38. The molecule has 1 aromatic heterocycles. The number of hydrogen-bond donors (Lipinski definition) is 0. The normalized spacial score (nSPS) is 17.9. The molecular weight excluding hydrogens is 298 g/mol. The number of aryl methyl sites for hydroxylation is 1. The first-order valence-corrected chi connectivity index (χ1v) is 9.13. The van der Waals surface area contributed by atoms with Crippen LogP contribution in [0.1, 0.15) is 61.9 Å². The van der Waals surface area contributed by atoms with Crippen molar-refractivity contribution >= 4 is 17.5 Å². The first-order valence-electron chi connectivity index (χ1n) is 8.59. The number of hydrogen-bond acceptors (Lipinski definition) is 2. The lowest BCUT2D eigenvalue weighted by molar-refractivity contribution is -0.134. The number of amides is 1. The Balaban J connectivity index is 1.77. The summed E-state index contributed by atoms with van der Waals surface area (Å²) in [6, 6.07) is 0.405. The largest absolute Gasteiger partial charge is 0.334 e. The van der Waals surface area contributed by atoms with E-state index in [-0.39, 0.29) is 5.91 Å². The maximum atomic E-state index is 12.6. The summed E-state index contributed by atoms with van der Waals surface area (Å²) >= 11 is 5.76. The summed E-state index contributed by atoms with van der Waals surface area (Å²) in [5.74, 6) is 0.813. The van der Waals surface area contributed by atoms with Gasteiger partial charge >= 0.3 is 0 Å². The molecule has 0 aromatic carbocycles. The molecule has 0 saturated heterocycles. The van der Waals surface area contributed by atoms with E-state index in [0.717, 1.165) is 37.8 Å². The summed E-state index contributed by atoms with van der Waals surface area (Å²) < 4.78 is 2.02. The van der Waals surface area contributed by atoms with Gasteiger partial charge in [0.25, 0.3) is 0 Å². The van der Waals surface area contributed by atoms with E-state index in [2.05, 4.69) is 4.90 Å². The third-order valence-corrected chi connectivity index (χ3v) is 5.40. The first-order chi connectivity index (χ1) is 10.7. The van der Waals surface area contributed by atoms with Crippen LogP contribution in [-0.2, 0) is 31.2 Å². The van der Waals surface area contributed by atoms with Crippen molar-refractivity contribution in [1.82, 2.24) is 14.7 Å². The van der Waals surface area contributed by atoms with Gasteiger partial charge < -0.3 is 4.90 Å². The number of carbonyl (C=O) groups excluding carboxylic acids is 1. The summed E-state index contributed by atoms with van der Waals surface area (Å²) in [4.78, 5) is 14.7. The number of halogens is 1. The summed E-state index contributed by atoms with van der Waals surface area (Å²) in [5, 5.41) is 4.70. The van der Waals surface area contributed by atoms with Crippen LogP contribution < -0.4 is 0 Å². The van der Waals surface area contributed by atoms with Gasteiger partial charge in [0.1, 0.15) is 0 Å². The van der Waals surface area contributed by atoms with Crippen molar-refractivity contribution in [1.29, 1.82) is 0 Å². The highest BCUT2D eigenvalue weighted by Crippen LogP contribution is 2.29. The summed E-state index contributed by atoms with van der Waals surface area (Å²) in [6.45, 7) is 0.689. The SMILES string of the molecule is Cn1nc(CN(C(=O)CCCCl)C2CCCC2)c2c1CCC2. The quantitative estimate of drug-likeness (QED) is 0.754. The molecule has 2 aliphatic carbocycles. The third-order valence-electron chi connectivity index (χ3n) is 5.13. The second-order valence-electron chi connectivity index (χ2n) is 6.60. The van der Waals surface area contributed by atoms with Gasteiger partial charge in [0.15, 0.2) is 0 Å². The summed E-state index contributed by atoms with van der Waals surface area (Å²) in [7, 11) is 2.03.